The average Bonchev–Trinajstić information content (AvgIpc) is 2.17. The number of H-pyrrole nitrogens is 1. The molecule has 0 aliphatic heterocycles. The Morgan fingerprint density at radius 2 is 1.72 bits per heavy atom. The lowest BCUT2D eigenvalue weighted by Crippen LogP contribution is -2.25. The number of aromatic amines is 1. The number of pyridine rings is 1. The van der Waals surface area contributed by atoms with Gasteiger partial charge in [0.25, 0.3) is 0 Å². The van der Waals surface area contributed by atoms with Crippen LogP contribution in [0.2, 0.25) is 0 Å². The average molecular weight is 279 g/mol. The number of halogens is 7. The van der Waals surface area contributed by atoms with Gasteiger partial charge in [0.15, 0.2) is 5.75 Å². The summed E-state index contributed by atoms with van der Waals surface area (Å²) in [4.78, 5) is 12.4. The van der Waals surface area contributed by atoms with Crippen LogP contribution in [0, 0.1) is 0 Å². The Kier molecular flexibility index (Phi) is 3.58. The number of hydrogen-bond donors (Lipinski definition) is 1. The summed E-state index contributed by atoms with van der Waals surface area (Å²) in [6.07, 6.45) is -10.3. The zero-order chi connectivity index (χ0) is 14.1. The van der Waals surface area contributed by atoms with Crippen molar-refractivity contribution >= 4 is 0 Å². The molecule has 1 N–H and O–H groups in total. The van der Waals surface area contributed by atoms with Crippen LogP contribution >= 0.6 is 0 Å². The van der Waals surface area contributed by atoms with Gasteiger partial charge in [0.2, 0.25) is 5.43 Å². The molecule has 0 spiro atoms. The third-order valence-corrected chi connectivity index (χ3v) is 1.72. The molecular weight excluding hydrogens is 275 g/mol. The molecule has 10 heteroatoms. The third kappa shape index (κ3) is 3.37. The van der Waals surface area contributed by atoms with E-state index in [0.717, 1.165) is 0 Å². The normalized spacial score (nSPS) is 12.6. The summed E-state index contributed by atoms with van der Waals surface area (Å²) in [5, 5.41) is 0. The van der Waals surface area contributed by atoms with E-state index in [2.05, 4.69) is 4.74 Å². The van der Waals surface area contributed by atoms with E-state index in [1.165, 1.54) is 4.98 Å². The monoisotopic (exact) mass is 279 g/mol. The fourth-order valence-electron chi connectivity index (χ4n) is 1.08. The van der Waals surface area contributed by atoms with E-state index >= 15 is 0 Å². The largest absolute Gasteiger partial charge is 0.573 e. The van der Waals surface area contributed by atoms with Crippen molar-refractivity contribution in [2.24, 2.45) is 0 Å². The first-order valence-electron chi connectivity index (χ1n) is 4.19. The summed E-state index contributed by atoms with van der Waals surface area (Å²) in [5.74, 6) is -1.54. The molecule has 0 aliphatic carbocycles. The number of alkyl halides is 7. The number of aromatic nitrogens is 1. The minimum Gasteiger partial charge on any atom is -0.400 e. The third-order valence-electron chi connectivity index (χ3n) is 1.72. The lowest BCUT2D eigenvalue weighted by atomic mass is 10.2. The summed E-state index contributed by atoms with van der Waals surface area (Å²) in [6, 6.07) is -0.139. The van der Waals surface area contributed by atoms with Gasteiger partial charge in [0.05, 0.1) is 5.69 Å². The Hall–Kier alpha value is -1.74. The topological polar surface area (TPSA) is 42.1 Å². The Bertz CT molecular complexity index is 488. The van der Waals surface area contributed by atoms with Crippen LogP contribution in [0.5, 0.6) is 5.75 Å². The van der Waals surface area contributed by atoms with Crippen LogP contribution in [0.15, 0.2) is 10.9 Å². The minimum atomic E-state index is -5.31. The van der Waals surface area contributed by atoms with Crippen LogP contribution < -0.4 is 10.2 Å². The number of hydrogen-bond acceptors (Lipinski definition) is 2. The van der Waals surface area contributed by atoms with Gasteiger partial charge in [-0.3, -0.25) is 4.79 Å². The van der Waals surface area contributed by atoms with Crippen LogP contribution in [0.3, 0.4) is 0 Å². The molecule has 0 aromatic carbocycles. The van der Waals surface area contributed by atoms with Gasteiger partial charge in [-0.15, -0.1) is 13.2 Å². The van der Waals surface area contributed by atoms with Crippen molar-refractivity contribution in [1.82, 2.24) is 4.98 Å². The second-order valence-corrected chi connectivity index (χ2v) is 3.03. The Labute approximate surface area is 94.2 Å². The molecule has 0 aliphatic rings. The Morgan fingerprint density at radius 3 is 2.11 bits per heavy atom. The van der Waals surface area contributed by atoms with E-state index < -0.39 is 41.8 Å². The zero-order valence-electron chi connectivity index (χ0n) is 8.25. The molecule has 102 valence electrons. The highest BCUT2D eigenvalue weighted by Gasteiger charge is 2.37. The number of rotatable bonds is 2. The maximum Gasteiger partial charge on any atom is 0.573 e. The molecular formula is C8H4F7NO2. The highest BCUT2D eigenvalue weighted by Crippen LogP contribution is 2.29. The standard InChI is InChI=1S/C8H4F7NO2/c9-2-3-6(18-8(13,14)15)4(17)1-5(16-3)7(10,11)12/h1H,2H2,(H,16,17). The first-order chi connectivity index (χ1) is 8.04. The second-order valence-electron chi connectivity index (χ2n) is 3.03. The molecule has 1 rings (SSSR count). The van der Waals surface area contributed by atoms with Gasteiger partial charge in [-0.2, -0.15) is 13.2 Å². The summed E-state index contributed by atoms with van der Waals surface area (Å²) in [5.41, 5.74) is -4.60. The van der Waals surface area contributed by atoms with Crippen LogP contribution in [0.1, 0.15) is 11.4 Å². The van der Waals surface area contributed by atoms with Gasteiger partial charge in [-0.05, 0) is 0 Å². The summed E-state index contributed by atoms with van der Waals surface area (Å²) in [6.45, 7) is -1.75. The first kappa shape index (κ1) is 14.3. The molecule has 1 heterocycles. The molecule has 0 saturated heterocycles. The number of ether oxygens (including phenoxy) is 1. The van der Waals surface area contributed by atoms with E-state index in [1.54, 1.807) is 0 Å². The predicted octanol–water partition coefficient (Wildman–Crippen LogP) is 2.76. The molecule has 1 aromatic rings. The fraction of sp³-hybridized carbons (Fsp3) is 0.375. The van der Waals surface area contributed by atoms with Gasteiger partial charge >= 0.3 is 12.5 Å². The fourth-order valence-corrected chi connectivity index (χ4v) is 1.08. The highest BCUT2D eigenvalue weighted by atomic mass is 19.4. The van der Waals surface area contributed by atoms with Gasteiger partial charge in [-0.25, -0.2) is 4.39 Å². The van der Waals surface area contributed by atoms with E-state index in [9.17, 15) is 35.5 Å². The smallest absolute Gasteiger partial charge is 0.400 e. The van der Waals surface area contributed by atoms with E-state index in [-0.39, 0.29) is 6.07 Å². The van der Waals surface area contributed by atoms with Crippen LogP contribution in [0.25, 0.3) is 0 Å². The van der Waals surface area contributed by atoms with Crippen LogP contribution in [-0.2, 0) is 12.9 Å². The predicted molar refractivity (Wildman–Crippen MR) is 43.6 cm³/mol. The van der Waals surface area contributed by atoms with Crippen molar-refractivity contribution in [3.63, 3.8) is 0 Å². The minimum absolute atomic E-state index is 0.139. The Balaban J connectivity index is 3.34. The second kappa shape index (κ2) is 4.50. The molecule has 0 unspecified atom stereocenters. The lowest BCUT2D eigenvalue weighted by molar-refractivity contribution is -0.275. The van der Waals surface area contributed by atoms with Crippen LogP contribution in [-0.4, -0.2) is 11.3 Å². The summed E-state index contributed by atoms with van der Waals surface area (Å²) in [7, 11) is 0. The van der Waals surface area contributed by atoms with Crippen molar-refractivity contribution in [2.75, 3.05) is 0 Å². The van der Waals surface area contributed by atoms with Crippen molar-refractivity contribution < 1.29 is 35.5 Å². The zero-order valence-corrected chi connectivity index (χ0v) is 8.25. The van der Waals surface area contributed by atoms with Gasteiger partial charge in [0, 0.05) is 6.07 Å². The lowest BCUT2D eigenvalue weighted by Gasteiger charge is -2.13. The Morgan fingerprint density at radius 1 is 1.17 bits per heavy atom. The quantitative estimate of drug-likeness (QED) is 0.846. The summed E-state index contributed by atoms with van der Waals surface area (Å²) < 4.78 is 87.6. The molecule has 0 fully saturated rings. The first-order valence-corrected chi connectivity index (χ1v) is 4.19. The van der Waals surface area contributed by atoms with Gasteiger partial charge in [0.1, 0.15) is 12.4 Å². The molecule has 0 amide bonds. The van der Waals surface area contributed by atoms with E-state index in [1.807, 2.05) is 0 Å². The molecule has 18 heavy (non-hydrogen) atoms. The van der Waals surface area contributed by atoms with E-state index in [4.69, 9.17) is 0 Å². The molecule has 3 nitrogen and oxygen atoms in total. The van der Waals surface area contributed by atoms with Gasteiger partial charge in [-0.1, -0.05) is 0 Å². The maximum atomic E-state index is 12.3. The molecule has 0 atom stereocenters. The highest BCUT2D eigenvalue weighted by molar-refractivity contribution is 5.30. The van der Waals surface area contributed by atoms with Crippen molar-refractivity contribution in [3.05, 3.63) is 27.7 Å². The molecule has 0 bridgehead atoms. The van der Waals surface area contributed by atoms with Crippen LogP contribution in [0.4, 0.5) is 30.7 Å². The maximum absolute atomic E-state index is 12.3. The number of nitrogens with one attached hydrogen (secondary N) is 1. The molecule has 0 saturated carbocycles. The SMILES string of the molecule is O=c1cc(C(F)(F)F)[nH]c(CF)c1OC(F)(F)F. The molecule has 1 aromatic heterocycles. The van der Waals surface area contributed by atoms with Crippen molar-refractivity contribution in [3.8, 4) is 5.75 Å². The summed E-state index contributed by atoms with van der Waals surface area (Å²) >= 11 is 0. The van der Waals surface area contributed by atoms with Crippen molar-refractivity contribution in [1.29, 1.82) is 0 Å². The molecule has 0 radical (unpaired) electrons. The van der Waals surface area contributed by atoms with Crippen molar-refractivity contribution in [2.45, 2.75) is 19.2 Å². The van der Waals surface area contributed by atoms with Gasteiger partial charge < -0.3 is 9.72 Å². The van der Waals surface area contributed by atoms with E-state index in [0.29, 0.717) is 0 Å².